The van der Waals surface area contributed by atoms with Crippen molar-refractivity contribution in [3.05, 3.63) is 54.1 Å². The second-order valence-electron chi connectivity index (χ2n) is 5.77. The van der Waals surface area contributed by atoms with Gasteiger partial charge in [0.1, 0.15) is 18.1 Å². The third-order valence-electron chi connectivity index (χ3n) is 3.61. The highest BCUT2D eigenvalue weighted by atomic mass is 19.3. The smallest absolute Gasteiger partial charge is 0.387 e. The number of benzene rings is 2. The largest absolute Gasteiger partial charge is 0.492 e. The predicted molar refractivity (Wildman–Crippen MR) is 95.9 cm³/mol. The van der Waals surface area contributed by atoms with Crippen LogP contribution in [0, 0.1) is 6.92 Å². The first-order valence-electron chi connectivity index (χ1n) is 8.16. The van der Waals surface area contributed by atoms with Crippen molar-refractivity contribution < 1.29 is 23.0 Å². The number of hydrogen-bond donors (Lipinski definition) is 1. The maximum absolute atomic E-state index is 12.4. The number of alkyl halides is 2. The molecule has 0 aromatic heterocycles. The molecule has 2 rings (SSSR count). The standard InChI is InChI=1S/C19H22F2N2O3/c1-14-7-3-5-9-16(14)25-12-11-23(2)13-18(24)22-15-8-4-6-10-17(15)26-19(20)21/h3-10,19H,11-13H2,1-2H3,(H,22,24). The van der Waals surface area contributed by atoms with Crippen LogP contribution in [0.4, 0.5) is 14.5 Å². The fourth-order valence-corrected chi connectivity index (χ4v) is 2.31. The molecule has 140 valence electrons. The molecule has 0 bridgehead atoms. The number of aryl methyl sites for hydroxylation is 1. The summed E-state index contributed by atoms with van der Waals surface area (Å²) < 4.78 is 34.9. The zero-order chi connectivity index (χ0) is 18.9. The van der Waals surface area contributed by atoms with E-state index < -0.39 is 6.61 Å². The molecule has 0 aliphatic heterocycles. The number of para-hydroxylation sites is 3. The summed E-state index contributed by atoms with van der Waals surface area (Å²) in [5.41, 5.74) is 1.26. The molecule has 0 saturated carbocycles. The maximum Gasteiger partial charge on any atom is 0.387 e. The molecule has 0 fully saturated rings. The van der Waals surface area contributed by atoms with Crippen LogP contribution in [0.3, 0.4) is 0 Å². The Morgan fingerprint density at radius 1 is 1.12 bits per heavy atom. The molecule has 0 saturated heterocycles. The molecule has 0 aliphatic rings. The van der Waals surface area contributed by atoms with Crippen LogP contribution in [0.15, 0.2) is 48.5 Å². The number of carbonyl (C=O) groups is 1. The predicted octanol–water partition coefficient (Wildman–Crippen LogP) is 3.55. The second-order valence-corrected chi connectivity index (χ2v) is 5.77. The minimum atomic E-state index is -2.95. The Morgan fingerprint density at radius 2 is 1.77 bits per heavy atom. The summed E-state index contributed by atoms with van der Waals surface area (Å²) in [7, 11) is 1.78. The maximum atomic E-state index is 12.4. The number of likely N-dealkylation sites (N-methyl/N-ethyl adjacent to an activating group) is 1. The van der Waals surface area contributed by atoms with E-state index >= 15 is 0 Å². The molecule has 0 atom stereocenters. The Bertz CT molecular complexity index is 725. The molecule has 7 heteroatoms. The van der Waals surface area contributed by atoms with E-state index in [9.17, 15) is 13.6 Å². The Morgan fingerprint density at radius 3 is 2.46 bits per heavy atom. The van der Waals surface area contributed by atoms with Gasteiger partial charge in [-0.05, 0) is 37.7 Å². The summed E-state index contributed by atoms with van der Waals surface area (Å²) in [6.07, 6.45) is 0. The third kappa shape index (κ3) is 6.33. The number of amides is 1. The van der Waals surface area contributed by atoms with E-state index in [2.05, 4.69) is 10.1 Å². The minimum Gasteiger partial charge on any atom is -0.492 e. The Hall–Kier alpha value is -2.67. The van der Waals surface area contributed by atoms with Gasteiger partial charge in [-0.25, -0.2) is 0 Å². The van der Waals surface area contributed by atoms with Crippen LogP contribution in [0.5, 0.6) is 11.5 Å². The van der Waals surface area contributed by atoms with E-state index in [1.165, 1.54) is 12.1 Å². The van der Waals surface area contributed by atoms with Gasteiger partial charge in [0, 0.05) is 6.54 Å². The number of ether oxygens (including phenoxy) is 2. The summed E-state index contributed by atoms with van der Waals surface area (Å²) >= 11 is 0. The van der Waals surface area contributed by atoms with Crippen molar-refractivity contribution in [3.63, 3.8) is 0 Å². The highest BCUT2D eigenvalue weighted by Crippen LogP contribution is 2.25. The van der Waals surface area contributed by atoms with E-state index in [1.54, 1.807) is 24.1 Å². The summed E-state index contributed by atoms with van der Waals surface area (Å²) in [6, 6.07) is 13.8. The zero-order valence-electron chi connectivity index (χ0n) is 14.7. The van der Waals surface area contributed by atoms with Crippen LogP contribution in [0.25, 0.3) is 0 Å². The van der Waals surface area contributed by atoms with E-state index in [0.29, 0.717) is 13.2 Å². The quantitative estimate of drug-likeness (QED) is 0.739. The van der Waals surface area contributed by atoms with Gasteiger partial charge in [0.15, 0.2) is 0 Å². The van der Waals surface area contributed by atoms with Gasteiger partial charge in [-0.1, -0.05) is 30.3 Å². The lowest BCUT2D eigenvalue weighted by Gasteiger charge is -2.18. The molecule has 1 amide bonds. The van der Waals surface area contributed by atoms with E-state index in [0.717, 1.165) is 11.3 Å². The highest BCUT2D eigenvalue weighted by Gasteiger charge is 2.13. The second kappa shape index (κ2) is 9.72. The molecular formula is C19H22F2N2O3. The van der Waals surface area contributed by atoms with Gasteiger partial charge in [-0.15, -0.1) is 0 Å². The van der Waals surface area contributed by atoms with E-state index in [4.69, 9.17) is 4.74 Å². The molecule has 0 aliphatic carbocycles. The average Bonchev–Trinajstić information content (AvgIpc) is 2.58. The molecule has 26 heavy (non-hydrogen) atoms. The fraction of sp³-hybridized carbons (Fsp3) is 0.316. The molecular weight excluding hydrogens is 342 g/mol. The highest BCUT2D eigenvalue weighted by molar-refractivity contribution is 5.93. The van der Waals surface area contributed by atoms with Crippen molar-refractivity contribution in [1.82, 2.24) is 4.90 Å². The third-order valence-corrected chi connectivity index (χ3v) is 3.61. The topological polar surface area (TPSA) is 50.8 Å². The summed E-state index contributed by atoms with van der Waals surface area (Å²) in [4.78, 5) is 13.9. The Labute approximate surface area is 151 Å². The van der Waals surface area contributed by atoms with Gasteiger partial charge >= 0.3 is 6.61 Å². The van der Waals surface area contributed by atoms with Crippen molar-refractivity contribution in [2.75, 3.05) is 32.1 Å². The molecule has 0 heterocycles. The van der Waals surface area contributed by atoms with Gasteiger partial charge in [0.2, 0.25) is 5.91 Å². The monoisotopic (exact) mass is 364 g/mol. The minimum absolute atomic E-state index is 0.0682. The van der Waals surface area contributed by atoms with Crippen LogP contribution in [0.1, 0.15) is 5.56 Å². The van der Waals surface area contributed by atoms with E-state index in [-0.39, 0.29) is 23.9 Å². The number of anilines is 1. The van der Waals surface area contributed by atoms with Crippen molar-refractivity contribution >= 4 is 11.6 Å². The molecule has 1 N–H and O–H groups in total. The van der Waals surface area contributed by atoms with Crippen molar-refractivity contribution in [2.24, 2.45) is 0 Å². The lowest BCUT2D eigenvalue weighted by molar-refractivity contribution is -0.117. The summed E-state index contributed by atoms with van der Waals surface area (Å²) in [5.74, 6) is 0.415. The lowest BCUT2D eigenvalue weighted by Crippen LogP contribution is -2.33. The molecule has 2 aromatic rings. The molecule has 0 spiro atoms. The number of halogens is 2. The number of carbonyl (C=O) groups excluding carboxylic acids is 1. The molecule has 2 aromatic carbocycles. The van der Waals surface area contributed by atoms with Gasteiger partial charge in [0.25, 0.3) is 0 Å². The number of rotatable bonds is 9. The number of nitrogens with one attached hydrogen (secondary N) is 1. The summed E-state index contributed by atoms with van der Waals surface area (Å²) in [6.45, 7) is 0.0803. The Kier molecular flexibility index (Phi) is 7.35. The van der Waals surface area contributed by atoms with Gasteiger partial charge in [0.05, 0.1) is 12.2 Å². The molecule has 0 radical (unpaired) electrons. The van der Waals surface area contributed by atoms with Crippen LogP contribution < -0.4 is 14.8 Å². The van der Waals surface area contributed by atoms with Gasteiger partial charge < -0.3 is 14.8 Å². The van der Waals surface area contributed by atoms with Crippen molar-refractivity contribution in [1.29, 1.82) is 0 Å². The van der Waals surface area contributed by atoms with Crippen LogP contribution in [-0.2, 0) is 4.79 Å². The normalized spacial score (nSPS) is 10.8. The number of nitrogens with zero attached hydrogens (tertiary/aromatic N) is 1. The average molecular weight is 364 g/mol. The van der Waals surface area contributed by atoms with Gasteiger partial charge in [-0.2, -0.15) is 8.78 Å². The SMILES string of the molecule is Cc1ccccc1OCCN(C)CC(=O)Nc1ccccc1OC(F)F. The zero-order valence-corrected chi connectivity index (χ0v) is 14.7. The van der Waals surface area contributed by atoms with Gasteiger partial charge in [-0.3, -0.25) is 9.69 Å². The fourth-order valence-electron chi connectivity index (χ4n) is 2.31. The van der Waals surface area contributed by atoms with E-state index in [1.807, 2.05) is 31.2 Å². The summed E-state index contributed by atoms with van der Waals surface area (Å²) in [5, 5.41) is 2.58. The van der Waals surface area contributed by atoms with Crippen molar-refractivity contribution in [2.45, 2.75) is 13.5 Å². The molecule has 5 nitrogen and oxygen atoms in total. The number of hydrogen-bond acceptors (Lipinski definition) is 4. The van der Waals surface area contributed by atoms with Crippen LogP contribution in [0.2, 0.25) is 0 Å². The van der Waals surface area contributed by atoms with Crippen molar-refractivity contribution in [3.8, 4) is 11.5 Å². The Balaban J connectivity index is 1.79. The first kappa shape index (κ1) is 19.7. The van der Waals surface area contributed by atoms with Crippen LogP contribution >= 0.6 is 0 Å². The first-order chi connectivity index (χ1) is 12.5. The lowest BCUT2D eigenvalue weighted by atomic mass is 10.2. The molecule has 0 unspecified atom stereocenters. The van der Waals surface area contributed by atoms with Crippen LogP contribution in [-0.4, -0.2) is 44.2 Å². The first-order valence-corrected chi connectivity index (χ1v) is 8.16.